The maximum atomic E-state index is 5.50. The van der Waals surface area contributed by atoms with Gasteiger partial charge in [-0.05, 0) is 24.8 Å². The maximum absolute atomic E-state index is 5.50. The first-order valence-corrected chi connectivity index (χ1v) is 10.7. The summed E-state index contributed by atoms with van der Waals surface area (Å²) in [5.41, 5.74) is 3.20. The van der Waals surface area contributed by atoms with E-state index >= 15 is 0 Å². The number of para-hydroxylation sites is 1. The number of aromatic nitrogens is 2. The van der Waals surface area contributed by atoms with Crippen LogP contribution in [0, 0.1) is 5.92 Å². The van der Waals surface area contributed by atoms with Crippen LogP contribution in [0.1, 0.15) is 12.8 Å². The van der Waals surface area contributed by atoms with Gasteiger partial charge in [0.05, 0.1) is 24.4 Å². The van der Waals surface area contributed by atoms with E-state index < -0.39 is 0 Å². The highest BCUT2D eigenvalue weighted by molar-refractivity contribution is 5.93. The minimum Gasteiger partial charge on any atom is -0.379 e. The van der Waals surface area contributed by atoms with E-state index in [-0.39, 0.29) is 0 Å². The number of hydrogen-bond donors (Lipinski definition) is 0. The van der Waals surface area contributed by atoms with E-state index in [9.17, 15) is 0 Å². The maximum Gasteiger partial charge on any atom is 0.226 e. The predicted molar refractivity (Wildman–Crippen MR) is 117 cm³/mol. The van der Waals surface area contributed by atoms with Gasteiger partial charge >= 0.3 is 0 Å². The lowest BCUT2D eigenvalue weighted by molar-refractivity contribution is 0.0296. The van der Waals surface area contributed by atoms with Crippen LogP contribution in [0.2, 0.25) is 0 Å². The van der Waals surface area contributed by atoms with Crippen molar-refractivity contribution in [3.63, 3.8) is 0 Å². The van der Waals surface area contributed by atoms with Crippen LogP contribution in [-0.2, 0) is 4.74 Å². The second kappa shape index (κ2) is 8.47. The number of fused-ring (bicyclic) bond motifs is 1. The van der Waals surface area contributed by atoms with Crippen molar-refractivity contribution >= 4 is 16.9 Å². The Kier molecular flexibility index (Phi) is 5.41. The number of anilines is 1. The number of ether oxygens (including phenoxy) is 1. The lowest BCUT2D eigenvalue weighted by Gasteiger charge is -2.37. The lowest BCUT2D eigenvalue weighted by Crippen LogP contribution is -2.45. The van der Waals surface area contributed by atoms with Crippen molar-refractivity contribution in [1.29, 1.82) is 0 Å². The van der Waals surface area contributed by atoms with Crippen molar-refractivity contribution in [2.24, 2.45) is 5.92 Å². The lowest BCUT2D eigenvalue weighted by atomic mass is 9.97. The van der Waals surface area contributed by atoms with Crippen molar-refractivity contribution < 1.29 is 4.74 Å². The molecule has 0 amide bonds. The SMILES string of the molecule is c1ccc(-c2nc(N3CCCC(CN4CCOCC4)C3)nc3ccccc23)cc1. The van der Waals surface area contributed by atoms with E-state index in [0.29, 0.717) is 5.92 Å². The summed E-state index contributed by atoms with van der Waals surface area (Å²) in [5.74, 6) is 1.53. The highest BCUT2D eigenvalue weighted by Crippen LogP contribution is 2.30. The second-order valence-corrected chi connectivity index (χ2v) is 8.12. The smallest absolute Gasteiger partial charge is 0.226 e. The van der Waals surface area contributed by atoms with Crippen molar-refractivity contribution in [1.82, 2.24) is 14.9 Å². The van der Waals surface area contributed by atoms with Crippen LogP contribution < -0.4 is 4.90 Å². The number of nitrogens with zero attached hydrogens (tertiary/aromatic N) is 4. The van der Waals surface area contributed by atoms with Gasteiger partial charge in [0.15, 0.2) is 0 Å². The normalized spacial score (nSPS) is 20.8. The molecule has 0 spiro atoms. The quantitative estimate of drug-likeness (QED) is 0.679. The fourth-order valence-corrected chi connectivity index (χ4v) is 4.57. The van der Waals surface area contributed by atoms with Gasteiger partial charge < -0.3 is 9.64 Å². The van der Waals surface area contributed by atoms with Gasteiger partial charge in [-0.15, -0.1) is 0 Å². The summed E-state index contributed by atoms with van der Waals surface area (Å²) in [6.07, 6.45) is 2.48. The van der Waals surface area contributed by atoms with E-state index in [1.807, 2.05) is 0 Å². The van der Waals surface area contributed by atoms with Crippen molar-refractivity contribution in [2.75, 3.05) is 50.8 Å². The third kappa shape index (κ3) is 4.11. The number of benzene rings is 2. The molecule has 5 heteroatoms. The Hall–Kier alpha value is -2.50. The van der Waals surface area contributed by atoms with Crippen LogP contribution in [0.4, 0.5) is 5.95 Å². The van der Waals surface area contributed by atoms with Gasteiger partial charge in [-0.2, -0.15) is 0 Å². The Bertz CT molecular complexity index is 956. The van der Waals surface area contributed by atoms with Crippen LogP contribution in [0.3, 0.4) is 0 Å². The molecule has 3 aromatic rings. The van der Waals surface area contributed by atoms with E-state index in [4.69, 9.17) is 14.7 Å². The molecule has 3 heterocycles. The molecule has 0 radical (unpaired) electrons. The Morgan fingerprint density at radius 3 is 2.55 bits per heavy atom. The van der Waals surface area contributed by atoms with Crippen molar-refractivity contribution in [2.45, 2.75) is 12.8 Å². The first-order chi connectivity index (χ1) is 14.4. The molecule has 1 atom stereocenters. The molecular weight excluding hydrogens is 360 g/mol. The largest absolute Gasteiger partial charge is 0.379 e. The molecule has 2 fully saturated rings. The zero-order valence-electron chi connectivity index (χ0n) is 16.8. The summed E-state index contributed by atoms with van der Waals surface area (Å²) in [4.78, 5) is 15.0. The molecule has 0 saturated carbocycles. The van der Waals surface area contributed by atoms with E-state index in [0.717, 1.165) is 74.0 Å². The predicted octanol–water partition coefficient (Wildman–Crippen LogP) is 3.85. The Labute approximate surface area is 172 Å². The van der Waals surface area contributed by atoms with Crippen molar-refractivity contribution in [3.8, 4) is 11.3 Å². The first-order valence-electron chi connectivity index (χ1n) is 10.7. The Morgan fingerprint density at radius 2 is 1.69 bits per heavy atom. The standard InChI is InChI=1S/C24H28N4O/c1-2-8-20(9-3-1)23-21-10-4-5-11-22(21)25-24(26-23)28-12-6-7-19(18-28)17-27-13-15-29-16-14-27/h1-5,8-11,19H,6-7,12-18H2. The summed E-state index contributed by atoms with van der Waals surface area (Å²) in [7, 11) is 0. The van der Waals surface area contributed by atoms with E-state index in [2.05, 4.69) is 64.4 Å². The molecule has 1 unspecified atom stereocenters. The van der Waals surface area contributed by atoms with Crippen molar-refractivity contribution in [3.05, 3.63) is 54.6 Å². The van der Waals surface area contributed by atoms with E-state index in [1.165, 1.54) is 12.8 Å². The summed E-state index contributed by atoms with van der Waals surface area (Å²) in [6.45, 7) is 7.06. The Morgan fingerprint density at radius 1 is 0.897 bits per heavy atom. The van der Waals surface area contributed by atoms with Gasteiger partial charge in [0.2, 0.25) is 5.95 Å². The van der Waals surface area contributed by atoms with Gasteiger partial charge in [-0.1, -0.05) is 48.5 Å². The summed E-state index contributed by atoms with van der Waals surface area (Å²) in [6, 6.07) is 18.8. The zero-order chi connectivity index (χ0) is 19.5. The van der Waals surface area contributed by atoms with Crippen LogP contribution in [0.15, 0.2) is 54.6 Å². The zero-order valence-corrected chi connectivity index (χ0v) is 16.8. The molecule has 5 rings (SSSR count). The van der Waals surface area contributed by atoms with Crippen LogP contribution in [-0.4, -0.2) is 60.8 Å². The third-order valence-electron chi connectivity index (χ3n) is 6.06. The number of morpholine rings is 1. The monoisotopic (exact) mass is 388 g/mol. The van der Waals surface area contributed by atoms with Crippen LogP contribution >= 0.6 is 0 Å². The highest BCUT2D eigenvalue weighted by atomic mass is 16.5. The van der Waals surface area contributed by atoms with Gasteiger partial charge in [0.25, 0.3) is 0 Å². The number of rotatable bonds is 4. The molecule has 2 aromatic carbocycles. The van der Waals surface area contributed by atoms with Gasteiger partial charge in [-0.25, -0.2) is 9.97 Å². The molecule has 29 heavy (non-hydrogen) atoms. The topological polar surface area (TPSA) is 41.5 Å². The first kappa shape index (κ1) is 18.5. The Balaban J connectivity index is 1.43. The molecule has 2 aliphatic rings. The van der Waals surface area contributed by atoms with Crippen LogP contribution in [0.25, 0.3) is 22.2 Å². The molecule has 2 saturated heterocycles. The van der Waals surface area contributed by atoms with E-state index in [1.54, 1.807) is 0 Å². The average Bonchev–Trinajstić information content (AvgIpc) is 2.80. The highest BCUT2D eigenvalue weighted by Gasteiger charge is 2.25. The van der Waals surface area contributed by atoms with Gasteiger partial charge in [0, 0.05) is 43.7 Å². The molecule has 0 aliphatic carbocycles. The average molecular weight is 389 g/mol. The molecule has 2 aliphatic heterocycles. The molecular formula is C24H28N4O. The summed E-state index contributed by atoms with van der Waals surface area (Å²) < 4.78 is 5.50. The molecule has 150 valence electrons. The summed E-state index contributed by atoms with van der Waals surface area (Å²) >= 11 is 0. The van der Waals surface area contributed by atoms with Gasteiger partial charge in [0.1, 0.15) is 0 Å². The third-order valence-corrected chi connectivity index (χ3v) is 6.06. The molecule has 1 aromatic heterocycles. The second-order valence-electron chi connectivity index (χ2n) is 8.12. The number of piperidine rings is 1. The van der Waals surface area contributed by atoms with Crippen LogP contribution in [0.5, 0.6) is 0 Å². The number of hydrogen-bond acceptors (Lipinski definition) is 5. The van der Waals surface area contributed by atoms with Gasteiger partial charge in [-0.3, -0.25) is 4.90 Å². The fourth-order valence-electron chi connectivity index (χ4n) is 4.57. The molecule has 5 nitrogen and oxygen atoms in total. The molecule has 0 N–H and O–H groups in total. The fraction of sp³-hybridized carbons (Fsp3) is 0.417. The summed E-state index contributed by atoms with van der Waals surface area (Å²) in [5, 5.41) is 1.12. The minimum absolute atomic E-state index is 0.664. The minimum atomic E-state index is 0.664. The molecule has 0 bridgehead atoms.